The highest BCUT2D eigenvalue weighted by Crippen LogP contribution is 2.44. The van der Waals surface area contributed by atoms with E-state index in [1.807, 2.05) is 13.8 Å². The Bertz CT molecular complexity index is 683. The molecule has 2 aliphatic heterocycles. The molecule has 0 saturated carbocycles. The summed E-state index contributed by atoms with van der Waals surface area (Å²) in [6.07, 6.45) is 2.24. The number of sulfonamides is 1. The predicted octanol–water partition coefficient (Wildman–Crippen LogP) is 1.02. The number of ether oxygens (including phenoxy) is 1. The number of aryl methyl sites for hydroxylation is 2. The monoisotopic (exact) mass is 357 g/mol. The van der Waals surface area contributed by atoms with Gasteiger partial charge in [-0.25, -0.2) is 12.7 Å². The van der Waals surface area contributed by atoms with Crippen molar-refractivity contribution in [2.24, 2.45) is 11.3 Å². The number of likely N-dealkylation sites (tertiary alicyclic amines) is 1. The quantitative estimate of drug-likeness (QED) is 0.783. The van der Waals surface area contributed by atoms with Gasteiger partial charge in [0, 0.05) is 44.3 Å². The topological polar surface area (TPSA) is 75.9 Å². The third-order valence-electron chi connectivity index (χ3n) is 5.65. The number of methoxy groups -OCH3 is 1. The third kappa shape index (κ3) is 3.24. The highest BCUT2D eigenvalue weighted by Gasteiger charge is 2.51. The third-order valence-corrected chi connectivity index (χ3v) is 6.87. The van der Waals surface area contributed by atoms with E-state index in [1.165, 1.54) is 6.26 Å². The summed E-state index contributed by atoms with van der Waals surface area (Å²) in [6, 6.07) is 0. The molecule has 2 aliphatic rings. The summed E-state index contributed by atoms with van der Waals surface area (Å²) in [5.74, 6) is 1.16. The van der Waals surface area contributed by atoms with E-state index < -0.39 is 10.0 Å². The van der Waals surface area contributed by atoms with Crippen molar-refractivity contribution in [3.63, 3.8) is 0 Å². The molecule has 0 amide bonds. The summed E-state index contributed by atoms with van der Waals surface area (Å²) in [7, 11) is -1.46. The standard InChI is InChI=1S/C16H27N3O4S/c1-12-15(13(2)23-17-12)9-18-6-5-16(11-22-3)10-19(24(4,20)21)8-14(16)7-18/h14H,5-11H2,1-4H3/t14-,16+/m1/s1. The molecule has 0 radical (unpaired) electrons. The number of rotatable bonds is 5. The maximum atomic E-state index is 12.0. The van der Waals surface area contributed by atoms with E-state index in [2.05, 4.69) is 10.1 Å². The van der Waals surface area contributed by atoms with Gasteiger partial charge in [-0.15, -0.1) is 0 Å². The van der Waals surface area contributed by atoms with Crippen LogP contribution in [-0.2, 0) is 21.3 Å². The number of aromatic nitrogens is 1. The van der Waals surface area contributed by atoms with Gasteiger partial charge in [0.15, 0.2) is 0 Å². The van der Waals surface area contributed by atoms with Crippen LogP contribution in [0.2, 0.25) is 0 Å². The number of hydrogen-bond donors (Lipinski definition) is 0. The fourth-order valence-corrected chi connectivity index (χ4v) is 5.12. The fraction of sp³-hybridized carbons (Fsp3) is 0.812. The van der Waals surface area contributed by atoms with Gasteiger partial charge in [0.1, 0.15) is 5.76 Å². The summed E-state index contributed by atoms with van der Waals surface area (Å²) in [6.45, 7) is 8.29. The van der Waals surface area contributed by atoms with Crippen LogP contribution in [0.4, 0.5) is 0 Å². The first-order valence-electron chi connectivity index (χ1n) is 8.33. The Morgan fingerprint density at radius 1 is 1.38 bits per heavy atom. The first-order valence-corrected chi connectivity index (χ1v) is 10.2. The van der Waals surface area contributed by atoms with Gasteiger partial charge < -0.3 is 9.26 Å². The summed E-state index contributed by atoms with van der Waals surface area (Å²) in [5.41, 5.74) is 2.02. The van der Waals surface area contributed by atoms with Crippen molar-refractivity contribution in [3.8, 4) is 0 Å². The van der Waals surface area contributed by atoms with Gasteiger partial charge in [-0.2, -0.15) is 0 Å². The first kappa shape index (κ1) is 17.8. The predicted molar refractivity (Wildman–Crippen MR) is 90.1 cm³/mol. The molecule has 24 heavy (non-hydrogen) atoms. The molecule has 1 aromatic rings. The normalized spacial score (nSPS) is 29.1. The second-order valence-electron chi connectivity index (χ2n) is 7.34. The summed E-state index contributed by atoms with van der Waals surface area (Å²) in [5, 5.41) is 4.03. The minimum absolute atomic E-state index is 0.0624. The van der Waals surface area contributed by atoms with Crippen molar-refractivity contribution < 1.29 is 17.7 Å². The Hall–Kier alpha value is -0.960. The summed E-state index contributed by atoms with van der Waals surface area (Å²) in [4.78, 5) is 2.39. The van der Waals surface area contributed by atoms with Crippen LogP contribution in [0.1, 0.15) is 23.4 Å². The van der Waals surface area contributed by atoms with Crippen LogP contribution in [-0.4, -0.2) is 68.9 Å². The van der Waals surface area contributed by atoms with Gasteiger partial charge in [-0.05, 0) is 32.7 Å². The molecule has 136 valence electrons. The Labute approximate surface area is 144 Å². The minimum atomic E-state index is -3.16. The van der Waals surface area contributed by atoms with Crippen molar-refractivity contribution in [2.75, 3.05) is 46.2 Å². The van der Waals surface area contributed by atoms with E-state index in [1.54, 1.807) is 11.4 Å². The molecule has 3 rings (SSSR count). The molecule has 0 aromatic carbocycles. The van der Waals surface area contributed by atoms with Crippen LogP contribution in [0.5, 0.6) is 0 Å². The molecule has 2 fully saturated rings. The van der Waals surface area contributed by atoms with Gasteiger partial charge >= 0.3 is 0 Å². The lowest BCUT2D eigenvalue weighted by Crippen LogP contribution is -2.48. The highest BCUT2D eigenvalue weighted by atomic mass is 32.2. The molecule has 2 atom stereocenters. The molecule has 7 nitrogen and oxygen atoms in total. The maximum absolute atomic E-state index is 12.0. The van der Waals surface area contributed by atoms with Gasteiger partial charge in [0.05, 0.1) is 18.6 Å². The number of fused-ring (bicyclic) bond motifs is 1. The lowest BCUT2D eigenvalue weighted by atomic mass is 9.73. The Morgan fingerprint density at radius 2 is 2.12 bits per heavy atom. The second-order valence-corrected chi connectivity index (χ2v) is 9.32. The van der Waals surface area contributed by atoms with Crippen molar-refractivity contribution in [1.82, 2.24) is 14.4 Å². The van der Waals surface area contributed by atoms with E-state index in [4.69, 9.17) is 9.26 Å². The lowest BCUT2D eigenvalue weighted by Gasteiger charge is -2.43. The average Bonchev–Trinajstić information content (AvgIpc) is 3.02. The zero-order valence-corrected chi connectivity index (χ0v) is 15.7. The molecule has 0 spiro atoms. The molecule has 0 unspecified atom stereocenters. The van der Waals surface area contributed by atoms with E-state index in [-0.39, 0.29) is 5.41 Å². The smallest absolute Gasteiger partial charge is 0.211 e. The van der Waals surface area contributed by atoms with Crippen molar-refractivity contribution >= 4 is 10.0 Å². The molecule has 0 N–H and O–H groups in total. The molecule has 3 heterocycles. The van der Waals surface area contributed by atoms with Crippen LogP contribution in [0.3, 0.4) is 0 Å². The Balaban J connectivity index is 1.76. The molecule has 1 aromatic heterocycles. The van der Waals surface area contributed by atoms with Crippen molar-refractivity contribution in [2.45, 2.75) is 26.8 Å². The van der Waals surface area contributed by atoms with E-state index in [0.717, 1.165) is 43.1 Å². The molecule has 0 aliphatic carbocycles. The average molecular weight is 357 g/mol. The van der Waals surface area contributed by atoms with E-state index in [9.17, 15) is 8.42 Å². The van der Waals surface area contributed by atoms with Crippen LogP contribution in [0.25, 0.3) is 0 Å². The Morgan fingerprint density at radius 3 is 2.71 bits per heavy atom. The largest absolute Gasteiger partial charge is 0.384 e. The van der Waals surface area contributed by atoms with Gasteiger partial charge in [-0.3, -0.25) is 4.90 Å². The van der Waals surface area contributed by atoms with E-state index in [0.29, 0.717) is 25.6 Å². The van der Waals surface area contributed by atoms with Crippen molar-refractivity contribution in [3.05, 3.63) is 17.0 Å². The zero-order valence-electron chi connectivity index (χ0n) is 14.9. The minimum Gasteiger partial charge on any atom is -0.384 e. The molecule has 8 heteroatoms. The van der Waals surface area contributed by atoms with Crippen LogP contribution in [0, 0.1) is 25.2 Å². The van der Waals surface area contributed by atoms with Crippen LogP contribution < -0.4 is 0 Å². The molecule has 0 bridgehead atoms. The zero-order chi connectivity index (χ0) is 17.5. The number of nitrogens with zero attached hydrogens (tertiary/aromatic N) is 3. The van der Waals surface area contributed by atoms with Gasteiger partial charge in [0.25, 0.3) is 0 Å². The highest BCUT2D eigenvalue weighted by molar-refractivity contribution is 7.88. The van der Waals surface area contributed by atoms with Crippen LogP contribution >= 0.6 is 0 Å². The summed E-state index contributed by atoms with van der Waals surface area (Å²) < 4.78 is 36.3. The van der Waals surface area contributed by atoms with Gasteiger partial charge in [-0.1, -0.05) is 5.16 Å². The molecular formula is C16H27N3O4S. The first-order chi connectivity index (χ1) is 11.2. The molecular weight excluding hydrogens is 330 g/mol. The number of piperidine rings is 1. The maximum Gasteiger partial charge on any atom is 0.211 e. The fourth-order valence-electron chi connectivity index (χ4n) is 4.17. The Kier molecular flexibility index (Phi) is 4.76. The van der Waals surface area contributed by atoms with Crippen molar-refractivity contribution in [1.29, 1.82) is 0 Å². The molecule has 2 saturated heterocycles. The lowest BCUT2D eigenvalue weighted by molar-refractivity contribution is -0.00122. The number of hydrogen-bond acceptors (Lipinski definition) is 6. The van der Waals surface area contributed by atoms with E-state index >= 15 is 0 Å². The second kappa shape index (κ2) is 6.40. The van der Waals surface area contributed by atoms with Gasteiger partial charge in [0.2, 0.25) is 10.0 Å². The van der Waals surface area contributed by atoms with Crippen LogP contribution in [0.15, 0.2) is 4.52 Å². The summed E-state index contributed by atoms with van der Waals surface area (Å²) >= 11 is 0. The SMILES string of the molecule is COC[C@@]12CCN(Cc3c(C)noc3C)C[C@@H]1CN(S(C)(=O)=O)C2.